The third-order valence-electron chi connectivity index (χ3n) is 4.56. The summed E-state index contributed by atoms with van der Waals surface area (Å²) in [6, 6.07) is 22.6. The number of benzene rings is 3. The van der Waals surface area contributed by atoms with E-state index in [1.165, 1.54) is 47.1 Å². The van der Waals surface area contributed by atoms with Gasteiger partial charge in [0.05, 0.1) is 16.3 Å². The fourth-order valence-corrected chi connectivity index (χ4v) is 3.85. The standard InChI is InChI=1S/C22H17N3O5S/c1-16-7-13-20(14-8-16)31(28,29)30-22-15-21(17-5-3-2-4-6-17)23-24(22)18-9-11-19(12-10-18)25(26)27/h2-15H,1H3. The molecule has 8 nitrogen and oxygen atoms in total. The maximum absolute atomic E-state index is 12.8. The highest BCUT2D eigenvalue weighted by molar-refractivity contribution is 7.87. The Bertz CT molecular complexity index is 1330. The van der Waals surface area contributed by atoms with Gasteiger partial charge in [-0.05, 0) is 31.2 Å². The van der Waals surface area contributed by atoms with Gasteiger partial charge in [-0.1, -0.05) is 48.0 Å². The minimum Gasteiger partial charge on any atom is -0.358 e. The average molecular weight is 435 g/mol. The Kier molecular flexibility index (Phi) is 5.26. The minimum absolute atomic E-state index is 0.0100. The minimum atomic E-state index is -4.12. The second kappa shape index (κ2) is 8.04. The highest BCUT2D eigenvalue weighted by atomic mass is 32.2. The molecule has 3 aromatic carbocycles. The number of rotatable bonds is 6. The van der Waals surface area contributed by atoms with Crippen molar-refractivity contribution in [2.45, 2.75) is 11.8 Å². The summed E-state index contributed by atoms with van der Waals surface area (Å²) in [6.45, 7) is 1.85. The smallest absolute Gasteiger partial charge is 0.340 e. The molecule has 1 heterocycles. The summed E-state index contributed by atoms with van der Waals surface area (Å²) in [6.07, 6.45) is 0. The van der Waals surface area contributed by atoms with Gasteiger partial charge in [-0.2, -0.15) is 18.2 Å². The molecule has 9 heteroatoms. The predicted molar refractivity (Wildman–Crippen MR) is 115 cm³/mol. The van der Waals surface area contributed by atoms with E-state index in [9.17, 15) is 18.5 Å². The first-order valence-electron chi connectivity index (χ1n) is 9.25. The molecule has 4 aromatic rings. The second-order valence-corrected chi connectivity index (χ2v) is 8.32. The summed E-state index contributed by atoms with van der Waals surface area (Å²) in [4.78, 5) is 10.5. The zero-order valence-corrected chi connectivity index (χ0v) is 17.2. The van der Waals surface area contributed by atoms with E-state index in [0.29, 0.717) is 11.4 Å². The van der Waals surface area contributed by atoms with Crippen LogP contribution in [0.15, 0.2) is 89.8 Å². The van der Waals surface area contributed by atoms with Gasteiger partial charge in [0.2, 0.25) is 5.88 Å². The molecule has 4 rings (SSSR count). The lowest BCUT2D eigenvalue weighted by Crippen LogP contribution is -2.12. The lowest BCUT2D eigenvalue weighted by atomic mass is 10.2. The van der Waals surface area contributed by atoms with E-state index in [2.05, 4.69) is 5.10 Å². The predicted octanol–water partition coefficient (Wildman–Crippen LogP) is 4.52. The van der Waals surface area contributed by atoms with Crippen molar-refractivity contribution in [3.05, 3.63) is 101 Å². The SMILES string of the molecule is Cc1ccc(S(=O)(=O)Oc2cc(-c3ccccc3)nn2-c2ccc([N+](=O)[O-])cc2)cc1. The molecule has 0 saturated heterocycles. The molecule has 0 aliphatic heterocycles. The summed E-state index contributed by atoms with van der Waals surface area (Å²) in [5.74, 6) is -0.0340. The van der Waals surface area contributed by atoms with Gasteiger partial charge in [-0.15, -0.1) is 0 Å². The molecule has 0 N–H and O–H groups in total. The molecule has 0 spiro atoms. The molecule has 31 heavy (non-hydrogen) atoms. The van der Waals surface area contributed by atoms with Crippen LogP contribution in [0.25, 0.3) is 16.9 Å². The van der Waals surface area contributed by atoms with E-state index in [-0.39, 0.29) is 16.5 Å². The highest BCUT2D eigenvalue weighted by Gasteiger charge is 2.22. The Morgan fingerprint density at radius 2 is 1.58 bits per heavy atom. The van der Waals surface area contributed by atoms with Crippen LogP contribution < -0.4 is 4.18 Å². The van der Waals surface area contributed by atoms with Gasteiger partial charge in [0.1, 0.15) is 4.90 Å². The molecule has 0 saturated carbocycles. The lowest BCUT2D eigenvalue weighted by molar-refractivity contribution is -0.384. The number of nitro groups is 1. The summed E-state index contributed by atoms with van der Waals surface area (Å²) in [5, 5.41) is 15.4. The van der Waals surface area contributed by atoms with Crippen LogP contribution in [0, 0.1) is 17.0 Å². The van der Waals surface area contributed by atoms with E-state index in [0.717, 1.165) is 11.1 Å². The number of nitrogens with zero attached hydrogens (tertiary/aromatic N) is 3. The van der Waals surface area contributed by atoms with Crippen LogP contribution in [-0.2, 0) is 10.1 Å². The van der Waals surface area contributed by atoms with Crippen LogP contribution in [0.1, 0.15) is 5.56 Å². The topological polar surface area (TPSA) is 104 Å². The van der Waals surface area contributed by atoms with Crippen molar-refractivity contribution < 1.29 is 17.5 Å². The van der Waals surface area contributed by atoms with Gasteiger partial charge < -0.3 is 4.18 Å². The van der Waals surface area contributed by atoms with E-state index in [4.69, 9.17) is 4.18 Å². The van der Waals surface area contributed by atoms with Crippen molar-refractivity contribution in [3.63, 3.8) is 0 Å². The van der Waals surface area contributed by atoms with Crippen LogP contribution in [-0.4, -0.2) is 23.1 Å². The molecule has 0 fully saturated rings. The zero-order valence-electron chi connectivity index (χ0n) is 16.4. The van der Waals surface area contributed by atoms with Crippen molar-refractivity contribution in [2.75, 3.05) is 0 Å². The molecule has 1 aromatic heterocycles. The molecule has 0 aliphatic carbocycles. The molecule has 0 unspecified atom stereocenters. The molecule has 0 atom stereocenters. The Labute approximate surface area is 178 Å². The number of nitro benzene ring substituents is 1. The van der Waals surface area contributed by atoms with E-state index in [1.54, 1.807) is 12.1 Å². The normalized spacial score (nSPS) is 11.3. The van der Waals surface area contributed by atoms with Crippen molar-refractivity contribution in [3.8, 4) is 22.8 Å². The zero-order chi connectivity index (χ0) is 22.0. The number of hydrogen-bond donors (Lipinski definition) is 0. The summed E-state index contributed by atoms with van der Waals surface area (Å²) in [5.41, 5.74) is 2.51. The second-order valence-electron chi connectivity index (χ2n) is 6.77. The monoisotopic (exact) mass is 435 g/mol. The van der Waals surface area contributed by atoms with Crippen LogP contribution in [0.3, 0.4) is 0 Å². The van der Waals surface area contributed by atoms with Crippen LogP contribution >= 0.6 is 0 Å². The molecule has 0 amide bonds. The Balaban J connectivity index is 1.79. The third kappa shape index (κ3) is 4.31. The number of hydrogen-bond acceptors (Lipinski definition) is 6. The van der Waals surface area contributed by atoms with Crippen LogP contribution in [0.2, 0.25) is 0 Å². The Hall–Kier alpha value is -3.98. The van der Waals surface area contributed by atoms with E-state index < -0.39 is 15.0 Å². The fourth-order valence-electron chi connectivity index (χ4n) is 2.94. The first-order chi connectivity index (χ1) is 14.8. The van der Waals surface area contributed by atoms with Crippen molar-refractivity contribution in [2.24, 2.45) is 0 Å². The third-order valence-corrected chi connectivity index (χ3v) is 5.80. The lowest BCUT2D eigenvalue weighted by Gasteiger charge is -2.09. The van der Waals surface area contributed by atoms with Gasteiger partial charge in [0.25, 0.3) is 5.69 Å². The maximum Gasteiger partial charge on any atom is 0.340 e. The Morgan fingerprint density at radius 3 is 2.19 bits per heavy atom. The molecular weight excluding hydrogens is 418 g/mol. The van der Waals surface area contributed by atoms with Crippen molar-refractivity contribution >= 4 is 15.8 Å². The van der Waals surface area contributed by atoms with Crippen molar-refractivity contribution in [1.82, 2.24) is 9.78 Å². The molecular formula is C22H17N3O5S. The number of aromatic nitrogens is 2. The van der Waals surface area contributed by atoms with Crippen LogP contribution in [0.4, 0.5) is 5.69 Å². The summed E-state index contributed by atoms with van der Waals surface area (Å²) in [7, 11) is -4.12. The first-order valence-corrected chi connectivity index (χ1v) is 10.7. The molecule has 156 valence electrons. The molecule has 0 bridgehead atoms. The van der Waals surface area contributed by atoms with Gasteiger partial charge in [0.15, 0.2) is 0 Å². The molecule has 0 aliphatic rings. The maximum atomic E-state index is 12.8. The fraction of sp³-hybridized carbons (Fsp3) is 0.0455. The average Bonchev–Trinajstić information content (AvgIpc) is 3.18. The summed E-state index contributed by atoms with van der Waals surface area (Å²) < 4.78 is 32.4. The number of aryl methyl sites for hydroxylation is 1. The van der Waals surface area contributed by atoms with Gasteiger partial charge in [0, 0.05) is 23.8 Å². The number of non-ortho nitro benzene ring substituents is 1. The van der Waals surface area contributed by atoms with E-state index >= 15 is 0 Å². The highest BCUT2D eigenvalue weighted by Crippen LogP contribution is 2.29. The quantitative estimate of drug-likeness (QED) is 0.250. The Morgan fingerprint density at radius 1 is 0.935 bits per heavy atom. The first kappa shape index (κ1) is 20.3. The van der Waals surface area contributed by atoms with Crippen LogP contribution in [0.5, 0.6) is 5.88 Å². The summed E-state index contributed by atoms with van der Waals surface area (Å²) >= 11 is 0. The van der Waals surface area contributed by atoms with Gasteiger partial charge in [-0.25, -0.2) is 0 Å². The molecule has 0 radical (unpaired) electrons. The van der Waals surface area contributed by atoms with Crippen molar-refractivity contribution in [1.29, 1.82) is 0 Å². The van der Waals surface area contributed by atoms with E-state index in [1.807, 2.05) is 37.3 Å². The van der Waals surface area contributed by atoms with Gasteiger partial charge >= 0.3 is 10.1 Å². The largest absolute Gasteiger partial charge is 0.358 e. The van der Waals surface area contributed by atoms with Gasteiger partial charge in [-0.3, -0.25) is 10.1 Å².